The van der Waals surface area contributed by atoms with Crippen LogP contribution in [0.5, 0.6) is 11.5 Å². The van der Waals surface area contributed by atoms with Crippen molar-refractivity contribution in [2.24, 2.45) is 5.14 Å². The molecule has 1 fully saturated rings. The highest BCUT2D eigenvalue weighted by Crippen LogP contribution is 2.32. The molecule has 116 valence electrons. The first-order valence-corrected chi connectivity index (χ1v) is 8.01. The molecule has 1 saturated carbocycles. The molecule has 1 aromatic carbocycles. The van der Waals surface area contributed by atoms with Gasteiger partial charge < -0.3 is 14.8 Å². The largest absolute Gasteiger partial charge is 0.496 e. The van der Waals surface area contributed by atoms with Crippen molar-refractivity contribution in [3.8, 4) is 11.5 Å². The van der Waals surface area contributed by atoms with E-state index < -0.39 is 10.0 Å². The number of nitrogens with one attached hydrogen (secondary N) is 1. The molecule has 0 aliphatic heterocycles. The number of benzene rings is 1. The Bertz CT molecular complexity index is 653. The SMILES string of the molecule is COc1cc(OC)c(S(N)(=O)=O)cc1C(=O)NC1CCC1. The van der Waals surface area contributed by atoms with Crippen LogP contribution < -0.4 is 19.9 Å². The van der Waals surface area contributed by atoms with Crippen LogP contribution >= 0.6 is 0 Å². The van der Waals surface area contributed by atoms with Gasteiger partial charge in [-0.3, -0.25) is 4.79 Å². The van der Waals surface area contributed by atoms with E-state index in [1.165, 1.54) is 26.4 Å². The summed E-state index contributed by atoms with van der Waals surface area (Å²) in [6, 6.07) is 2.65. The standard InChI is InChI=1S/C13H18N2O5S/c1-19-10-7-11(20-2)12(21(14,17)18)6-9(10)13(16)15-8-4-3-5-8/h6-8H,3-5H2,1-2H3,(H,15,16)(H2,14,17,18). The van der Waals surface area contributed by atoms with E-state index in [0.29, 0.717) is 0 Å². The van der Waals surface area contributed by atoms with Crippen molar-refractivity contribution in [1.82, 2.24) is 5.32 Å². The normalized spacial score (nSPS) is 15.2. The molecule has 0 aromatic heterocycles. The van der Waals surface area contributed by atoms with Gasteiger partial charge in [0.05, 0.1) is 19.8 Å². The smallest absolute Gasteiger partial charge is 0.255 e. The van der Waals surface area contributed by atoms with Crippen LogP contribution in [0.3, 0.4) is 0 Å². The number of methoxy groups -OCH3 is 2. The quantitative estimate of drug-likeness (QED) is 0.829. The molecule has 8 heteroatoms. The Hall–Kier alpha value is -1.80. The molecule has 1 aliphatic rings. The van der Waals surface area contributed by atoms with Gasteiger partial charge in [-0.1, -0.05) is 0 Å². The highest BCUT2D eigenvalue weighted by Gasteiger charge is 2.25. The van der Waals surface area contributed by atoms with E-state index in [1.54, 1.807) is 0 Å². The maximum atomic E-state index is 12.2. The summed E-state index contributed by atoms with van der Waals surface area (Å²) >= 11 is 0. The first kappa shape index (κ1) is 15.6. The summed E-state index contributed by atoms with van der Waals surface area (Å²) in [5, 5.41) is 7.98. The molecule has 1 amide bonds. The average molecular weight is 314 g/mol. The predicted octanol–water partition coefficient (Wildman–Crippen LogP) is 0.633. The molecule has 0 spiro atoms. The second kappa shape index (κ2) is 5.90. The van der Waals surface area contributed by atoms with Gasteiger partial charge in [0.2, 0.25) is 10.0 Å². The zero-order valence-corrected chi connectivity index (χ0v) is 12.7. The lowest BCUT2D eigenvalue weighted by Crippen LogP contribution is -2.39. The fourth-order valence-electron chi connectivity index (χ4n) is 2.09. The topological polar surface area (TPSA) is 108 Å². The van der Waals surface area contributed by atoms with Crippen molar-refractivity contribution in [3.63, 3.8) is 0 Å². The van der Waals surface area contributed by atoms with Crippen LogP contribution in [-0.2, 0) is 10.0 Å². The number of carbonyl (C=O) groups is 1. The minimum atomic E-state index is -4.01. The van der Waals surface area contributed by atoms with Crippen LogP contribution in [0.25, 0.3) is 0 Å². The van der Waals surface area contributed by atoms with Crippen molar-refractivity contribution in [2.45, 2.75) is 30.2 Å². The third kappa shape index (κ3) is 3.27. The lowest BCUT2D eigenvalue weighted by molar-refractivity contribution is 0.0913. The molecule has 0 saturated heterocycles. The van der Waals surface area contributed by atoms with E-state index in [9.17, 15) is 13.2 Å². The Kier molecular flexibility index (Phi) is 4.38. The Labute approximate surface area is 123 Å². The summed E-state index contributed by atoms with van der Waals surface area (Å²) in [4.78, 5) is 12.0. The van der Waals surface area contributed by atoms with E-state index in [0.717, 1.165) is 19.3 Å². The highest BCUT2D eigenvalue weighted by molar-refractivity contribution is 7.89. The number of nitrogens with two attached hydrogens (primary N) is 1. The van der Waals surface area contributed by atoms with Gasteiger partial charge in [0.1, 0.15) is 16.4 Å². The van der Waals surface area contributed by atoms with E-state index in [2.05, 4.69) is 5.32 Å². The molecule has 0 bridgehead atoms. The van der Waals surface area contributed by atoms with Gasteiger partial charge >= 0.3 is 0 Å². The molecule has 0 radical (unpaired) electrons. The van der Waals surface area contributed by atoms with E-state index in [4.69, 9.17) is 14.6 Å². The van der Waals surface area contributed by atoms with Gasteiger partial charge in [0.15, 0.2) is 0 Å². The van der Waals surface area contributed by atoms with E-state index >= 15 is 0 Å². The summed E-state index contributed by atoms with van der Waals surface area (Å²) in [5.41, 5.74) is 0.120. The van der Waals surface area contributed by atoms with Crippen LogP contribution in [0, 0.1) is 0 Å². The Morgan fingerprint density at radius 2 is 1.86 bits per heavy atom. The second-order valence-electron chi connectivity index (χ2n) is 4.85. The van der Waals surface area contributed by atoms with Crippen molar-refractivity contribution in [2.75, 3.05) is 14.2 Å². The first-order valence-electron chi connectivity index (χ1n) is 6.46. The molecule has 0 unspecified atom stereocenters. The highest BCUT2D eigenvalue weighted by atomic mass is 32.2. The van der Waals surface area contributed by atoms with Gasteiger partial charge in [0.25, 0.3) is 5.91 Å². The van der Waals surface area contributed by atoms with Crippen LogP contribution in [0.4, 0.5) is 0 Å². The number of primary sulfonamides is 1. The van der Waals surface area contributed by atoms with Crippen molar-refractivity contribution in [1.29, 1.82) is 0 Å². The summed E-state index contributed by atoms with van der Waals surface area (Å²) in [7, 11) is -1.30. The summed E-state index contributed by atoms with van der Waals surface area (Å²) in [5.74, 6) is -0.116. The Morgan fingerprint density at radius 1 is 1.24 bits per heavy atom. The lowest BCUT2D eigenvalue weighted by atomic mass is 9.93. The van der Waals surface area contributed by atoms with Gasteiger partial charge in [-0.15, -0.1) is 0 Å². The fourth-order valence-corrected chi connectivity index (χ4v) is 2.79. The van der Waals surface area contributed by atoms with Gasteiger partial charge in [-0.2, -0.15) is 0 Å². The van der Waals surface area contributed by atoms with Crippen molar-refractivity contribution >= 4 is 15.9 Å². The van der Waals surface area contributed by atoms with E-state index in [-0.39, 0.29) is 33.9 Å². The zero-order chi connectivity index (χ0) is 15.6. The van der Waals surface area contributed by atoms with Gasteiger partial charge in [-0.25, -0.2) is 13.6 Å². The minimum absolute atomic E-state index is 0.0366. The lowest BCUT2D eigenvalue weighted by Gasteiger charge is -2.26. The third-order valence-electron chi connectivity index (χ3n) is 3.48. The molecular formula is C13H18N2O5S. The molecular weight excluding hydrogens is 296 g/mol. The summed E-state index contributed by atoms with van der Waals surface area (Å²) in [6.07, 6.45) is 2.92. The average Bonchev–Trinajstić information content (AvgIpc) is 2.39. The van der Waals surface area contributed by atoms with Crippen LogP contribution in [-0.4, -0.2) is 34.6 Å². The second-order valence-corrected chi connectivity index (χ2v) is 6.38. The van der Waals surface area contributed by atoms with Gasteiger partial charge in [-0.05, 0) is 25.3 Å². The number of hydrogen-bond acceptors (Lipinski definition) is 5. The zero-order valence-electron chi connectivity index (χ0n) is 11.9. The number of rotatable bonds is 5. The molecule has 0 atom stereocenters. The predicted molar refractivity (Wildman–Crippen MR) is 76.0 cm³/mol. The maximum Gasteiger partial charge on any atom is 0.255 e. The molecule has 2 rings (SSSR count). The number of amides is 1. The minimum Gasteiger partial charge on any atom is -0.496 e. The Morgan fingerprint density at radius 3 is 2.29 bits per heavy atom. The molecule has 1 aliphatic carbocycles. The third-order valence-corrected chi connectivity index (χ3v) is 4.41. The number of carbonyl (C=O) groups excluding carboxylic acids is 1. The fraction of sp³-hybridized carbons (Fsp3) is 0.462. The van der Waals surface area contributed by atoms with Crippen LogP contribution in [0.1, 0.15) is 29.6 Å². The number of hydrogen-bond donors (Lipinski definition) is 2. The van der Waals surface area contributed by atoms with Gasteiger partial charge in [0, 0.05) is 12.1 Å². The first-order chi connectivity index (χ1) is 9.86. The number of sulfonamides is 1. The molecule has 21 heavy (non-hydrogen) atoms. The van der Waals surface area contributed by atoms with Crippen LogP contribution in [0.15, 0.2) is 17.0 Å². The van der Waals surface area contributed by atoms with E-state index in [1.807, 2.05) is 0 Å². The summed E-state index contributed by atoms with van der Waals surface area (Å²) in [6.45, 7) is 0. The summed E-state index contributed by atoms with van der Waals surface area (Å²) < 4.78 is 33.3. The molecule has 0 heterocycles. The maximum absolute atomic E-state index is 12.2. The van der Waals surface area contributed by atoms with Crippen molar-refractivity contribution in [3.05, 3.63) is 17.7 Å². The molecule has 7 nitrogen and oxygen atoms in total. The monoisotopic (exact) mass is 314 g/mol. The van der Waals surface area contributed by atoms with Crippen molar-refractivity contribution < 1.29 is 22.7 Å². The molecule has 3 N–H and O–H groups in total. The Balaban J connectivity index is 2.45. The number of ether oxygens (including phenoxy) is 2. The molecule has 1 aromatic rings. The van der Waals surface area contributed by atoms with Crippen LogP contribution in [0.2, 0.25) is 0 Å².